The standard InChI is InChI=1S/C5H11F2N/c1-4-8(3)5(2,6)7/h4H2,1-3H3. The molecular weight excluding hydrogens is 112 g/mol. The van der Waals surface area contributed by atoms with Gasteiger partial charge in [0.25, 0.3) is 0 Å². The summed E-state index contributed by atoms with van der Waals surface area (Å²) in [6.07, 6.45) is 0. The van der Waals surface area contributed by atoms with Crippen molar-refractivity contribution in [3.05, 3.63) is 0 Å². The lowest BCUT2D eigenvalue weighted by molar-refractivity contribution is -0.114. The number of nitrogens with zero attached hydrogens (tertiary/aromatic N) is 1. The molecule has 0 rings (SSSR count). The van der Waals surface area contributed by atoms with Crippen LogP contribution < -0.4 is 0 Å². The Hall–Kier alpha value is -0.180. The highest BCUT2D eigenvalue weighted by molar-refractivity contribution is 4.54. The molecule has 0 unspecified atom stereocenters. The summed E-state index contributed by atoms with van der Waals surface area (Å²) < 4.78 is 24.1. The average Bonchev–Trinajstić information content (AvgIpc) is 1.62. The minimum atomic E-state index is -2.66. The highest BCUT2D eigenvalue weighted by Crippen LogP contribution is 2.14. The van der Waals surface area contributed by atoms with Gasteiger partial charge in [0.2, 0.25) is 0 Å². The summed E-state index contributed by atoms with van der Waals surface area (Å²) >= 11 is 0. The maximum atomic E-state index is 12.0. The van der Waals surface area contributed by atoms with E-state index in [0.717, 1.165) is 11.8 Å². The monoisotopic (exact) mass is 123 g/mol. The number of rotatable bonds is 2. The minimum Gasteiger partial charge on any atom is -0.248 e. The topological polar surface area (TPSA) is 3.24 Å². The molecule has 0 heterocycles. The van der Waals surface area contributed by atoms with Crippen LogP contribution in [0.1, 0.15) is 13.8 Å². The van der Waals surface area contributed by atoms with Gasteiger partial charge in [-0.3, -0.25) is 0 Å². The molecule has 0 amide bonds. The second-order valence-electron chi connectivity index (χ2n) is 1.86. The van der Waals surface area contributed by atoms with Crippen LogP contribution in [0.15, 0.2) is 0 Å². The van der Waals surface area contributed by atoms with Crippen molar-refractivity contribution in [1.29, 1.82) is 0 Å². The molecular formula is C5H11F2N. The second-order valence-corrected chi connectivity index (χ2v) is 1.86. The number of halogens is 2. The largest absolute Gasteiger partial charge is 0.301 e. The summed E-state index contributed by atoms with van der Waals surface area (Å²) in [7, 11) is 1.39. The van der Waals surface area contributed by atoms with Gasteiger partial charge in [-0.2, -0.15) is 8.78 Å². The van der Waals surface area contributed by atoms with Gasteiger partial charge in [-0.15, -0.1) is 0 Å². The van der Waals surface area contributed by atoms with Gasteiger partial charge >= 0.3 is 6.05 Å². The first kappa shape index (κ1) is 7.82. The van der Waals surface area contributed by atoms with Crippen molar-refractivity contribution >= 4 is 0 Å². The minimum absolute atomic E-state index is 0.378. The van der Waals surface area contributed by atoms with E-state index in [9.17, 15) is 8.78 Å². The van der Waals surface area contributed by atoms with Gasteiger partial charge in [-0.25, -0.2) is 4.90 Å². The van der Waals surface area contributed by atoms with E-state index in [0.29, 0.717) is 6.54 Å². The van der Waals surface area contributed by atoms with Crippen molar-refractivity contribution in [2.24, 2.45) is 0 Å². The van der Waals surface area contributed by atoms with E-state index < -0.39 is 6.05 Å². The SMILES string of the molecule is CCN(C)C(C)(F)F. The van der Waals surface area contributed by atoms with E-state index in [1.807, 2.05) is 0 Å². The van der Waals surface area contributed by atoms with Gasteiger partial charge in [0.05, 0.1) is 0 Å². The number of hydrogen-bond acceptors (Lipinski definition) is 1. The molecule has 0 N–H and O–H groups in total. The third kappa shape index (κ3) is 2.21. The van der Waals surface area contributed by atoms with E-state index in [1.165, 1.54) is 7.05 Å². The smallest absolute Gasteiger partial charge is 0.248 e. The zero-order chi connectivity index (χ0) is 6.78. The summed E-state index contributed by atoms with van der Waals surface area (Å²) in [5.74, 6) is 0. The quantitative estimate of drug-likeness (QED) is 0.503. The summed E-state index contributed by atoms with van der Waals surface area (Å²) in [5, 5.41) is 0. The Labute approximate surface area is 48.3 Å². The van der Waals surface area contributed by atoms with Crippen molar-refractivity contribution in [2.75, 3.05) is 13.6 Å². The summed E-state index contributed by atoms with van der Waals surface area (Å²) in [6, 6.07) is -2.66. The maximum Gasteiger partial charge on any atom is 0.301 e. The molecule has 0 saturated heterocycles. The maximum absolute atomic E-state index is 12.0. The molecule has 0 fully saturated rings. The molecule has 0 atom stereocenters. The predicted molar refractivity (Wildman–Crippen MR) is 28.9 cm³/mol. The average molecular weight is 123 g/mol. The van der Waals surface area contributed by atoms with Gasteiger partial charge in [-0.05, 0) is 7.05 Å². The molecule has 0 aromatic rings. The third-order valence-electron chi connectivity index (χ3n) is 1.14. The first-order valence-corrected chi connectivity index (χ1v) is 2.57. The Morgan fingerprint density at radius 1 is 1.50 bits per heavy atom. The van der Waals surface area contributed by atoms with Crippen LogP contribution in [0.2, 0.25) is 0 Å². The molecule has 0 bridgehead atoms. The number of hydrogen-bond donors (Lipinski definition) is 0. The van der Waals surface area contributed by atoms with Crippen LogP contribution in [0.3, 0.4) is 0 Å². The first-order chi connectivity index (χ1) is 3.48. The van der Waals surface area contributed by atoms with Crippen LogP contribution in [0.25, 0.3) is 0 Å². The highest BCUT2D eigenvalue weighted by atomic mass is 19.3. The lowest BCUT2D eigenvalue weighted by Crippen LogP contribution is -2.34. The lowest BCUT2D eigenvalue weighted by Gasteiger charge is -2.21. The lowest BCUT2D eigenvalue weighted by atomic mass is 10.5. The van der Waals surface area contributed by atoms with E-state index in [2.05, 4.69) is 0 Å². The van der Waals surface area contributed by atoms with Crippen molar-refractivity contribution in [3.8, 4) is 0 Å². The molecule has 8 heavy (non-hydrogen) atoms. The van der Waals surface area contributed by atoms with Gasteiger partial charge in [0, 0.05) is 13.5 Å². The first-order valence-electron chi connectivity index (χ1n) is 2.57. The summed E-state index contributed by atoms with van der Waals surface area (Å²) in [5.41, 5.74) is 0. The fraction of sp³-hybridized carbons (Fsp3) is 1.00. The van der Waals surface area contributed by atoms with Gasteiger partial charge in [0.1, 0.15) is 0 Å². The molecule has 0 aliphatic heterocycles. The molecule has 0 aliphatic rings. The summed E-state index contributed by atoms with van der Waals surface area (Å²) in [4.78, 5) is 0.979. The van der Waals surface area contributed by atoms with Gasteiger partial charge in [-0.1, -0.05) is 6.92 Å². The van der Waals surface area contributed by atoms with Crippen molar-refractivity contribution < 1.29 is 8.78 Å². The second kappa shape index (κ2) is 2.40. The van der Waals surface area contributed by atoms with Crippen LogP contribution in [0.5, 0.6) is 0 Å². The fourth-order valence-corrected chi connectivity index (χ4v) is 0.278. The van der Waals surface area contributed by atoms with E-state index in [-0.39, 0.29) is 0 Å². The molecule has 0 saturated carbocycles. The van der Waals surface area contributed by atoms with E-state index in [1.54, 1.807) is 6.92 Å². The Kier molecular flexibility index (Phi) is 2.34. The summed E-state index contributed by atoms with van der Waals surface area (Å²) in [6.45, 7) is 2.96. The molecule has 0 radical (unpaired) electrons. The van der Waals surface area contributed by atoms with Crippen LogP contribution in [-0.2, 0) is 0 Å². The zero-order valence-electron chi connectivity index (χ0n) is 5.41. The van der Waals surface area contributed by atoms with Crippen LogP contribution in [0.4, 0.5) is 8.78 Å². The molecule has 3 heteroatoms. The molecule has 1 nitrogen and oxygen atoms in total. The van der Waals surface area contributed by atoms with Crippen molar-refractivity contribution in [2.45, 2.75) is 19.9 Å². The van der Waals surface area contributed by atoms with Gasteiger partial charge < -0.3 is 0 Å². The van der Waals surface area contributed by atoms with Crippen LogP contribution in [-0.4, -0.2) is 24.5 Å². The highest BCUT2D eigenvalue weighted by Gasteiger charge is 2.25. The van der Waals surface area contributed by atoms with Crippen molar-refractivity contribution in [1.82, 2.24) is 4.90 Å². The number of alkyl halides is 2. The predicted octanol–water partition coefficient (Wildman–Crippen LogP) is 1.55. The Bertz CT molecular complexity index is 67.3. The van der Waals surface area contributed by atoms with Gasteiger partial charge in [0.15, 0.2) is 0 Å². The Morgan fingerprint density at radius 3 is 1.88 bits per heavy atom. The molecule has 0 aromatic carbocycles. The molecule has 50 valence electrons. The molecule has 0 aliphatic carbocycles. The van der Waals surface area contributed by atoms with E-state index >= 15 is 0 Å². The van der Waals surface area contributed by atoms with Crippen molar-refractivity contribution in [3.63, 3.8) is 0 Å². The van der Waals surface area contributed by atoms with Crippen LogP contribution in [0, 0.1) is 0 Å². The fourth-order valence-electron chi connectivity index (χ4n) is 0.278. The molecule has 0 aromatic heterocycles. The zero-order valence-corrected chi connectivity index (χ0v) is 5.41. The Morgan fingerprint density at radius 2 is 1.88 bits per heavy atom. The van der Waals surface area contributed by atoms with E-state index in [4.69, 9.17) is 0 Å². The molecule has 0 spiro atoms. The normalized spacial score (nSPS) is 12.8. The Balaban J connectivity index is 3.62. The third-order valence-corrected chi connectivity index (χ3v) is 1.14. The van der Waals surface area contributed by atoms with Crippen LogP contribution >= 0.6 is 0 Å².